The Kier molecular flexibility index (Phi) is 4.08. The number of ether oxygens (including phenoxy) is 1. The fraction of sp³-hybridized carbons (Fsp3) is 0.364. The summed E-state index contributed by atoms with van der Waals surface area (Å²) in [6.45, 7) is 2.17. The van der Waals surface area contributed by atoms with Crippen LogP contribution in [0.2, 0.25) is 0 Å². The summed E-state index contributed by atoms with van der Waals surface area (Å²) in [5.74, 6) is -3.82. The van der Waals surface area contributed by atoms with E-state index in [4.69, 9.17) is 10.5 Å². The van der Waals surface area contributed by atoms with Gasteiger partial charge in [-0.15, -0.1) is 0 Å². The number of rotatable bonds is 4. The normalized spacial score (nSPS) is 13.2. The van der Waals surface area contributed by atoms with Crippen molar-refractivity contribution in [3.05, 3.63) is 28.2 Å². The zero-order valence-electron chi connectivity index (χ0n) is 9.34. The molecule has 94 valence electrons. The lowest BCUT2D eigenvalue weighted by Crippen LogP contribution is -2.31. The maximum atomic E-state index is 13.3. The summed E-state index contributed by atoms with van der Waals surface area (Å²) in [6, 6.07) is 4.18. The van der Waals surface area contributed by atoms with Crippen LogP contribution >= 0.6 is 15.9 Å². The summed E-state index contributed by atoms with van der Waals surface area (Å²) in [4.78, 5) is 10.8. The van der Waals surface area contributed by atoms with Gasteiger partial charge in [0.15, 0.2) is 6.10 Å². The molecule has 0 heterocycles. The zero-order chi connectivity index (χ0) is 13.2. The van der Waals surface area contributed by atoms with E-state index in [9.17, 15) is 13.6 Å². The van der Waals surface area contributed by atoms with Crippen LogP contribution in [0.25, 0.3) is 0 Å². The second kappa shape index (κ2) is 5.00. The molecule has 6 heteroatoms. The molecule has 0 fully saturated rings. The number of amides is 1. The quantitative estimate of drug-likeness (QED) is 0.930. The monoisotopic (exact) mass is 307 g/mol. The Hall–Kier alpha value is -1.17. The van der Waals surface area contributed by atoms with Crippen molar-refractivity contribution in [1.82, 2.24) is 0 Å². The molecule has 1 rings (SSSR count). The maximum absolute atomic E-state index is 13.3. The van der Waals surface area contributed by atoms with Crippen molar-refractivity contribution >= 4 is 21.8 Å². The average Bonchev–Trinajstić information content (AvgIpc) is 2.18. The van der Waals surface area contributed by atoms with Crippen molar-refractivity contribution in [2.45, 2.75) is 25.9 Å². The van der Waals surface area contributed by atoms with Crippen molar-refractivity contribution in [3.8, 4) is 5.75 Å². The summed E-state index contributed by atoms with van der Waals surface area (Å²) in [5.41, 5.74) is 4.72. The number of hydrogen-bond acceptors (Lipinski definition) is 2. The smallest absolute Gasteiger partial charge is 0.274 e. The Morgan fingerprint density at radius 1 is 1.53 bits per heavy atom. The first-order valence-corrected chi connectivity index (χ1v) is 5.65. The van der Waals surface area contributed by atoms with Crippen molar-refractivity contribution < 1.29 is 18.3 Å². The second-order valence-corrected chi connectivity index (χ2v) is 4.61. The van der Waals surface area contributed by atoms with E-state index in [0.717, 1.165) is 6.92 Å². The Morgan fingerprint density at radius 3 is 2.59 bits per heavy atom. The van der Waals surface area contributed by atoms with Crippen LogP contribution < -0.4 is 10.5 Å². The molecule has 0 spiro atoms. The van der Waals surface area contributed by atoms with Gasteiger partial charge in [0, 0.05) is 11.4 Å². The Bertz CT molecular complexity index is 432. The van der Waals surface area contributed by atoms with Crippen LogP contribution in [0.3, 0.4) is 0 Å². The third-order valence-corrected chi connectivity index (χ3v) is 2.61. The molecule has 1 aromatic rings. The van der Waals surface area contributed by atoms with E-state index in [2.05, 4.69) is 15.9 Å². The van der Waals surface area contributed by atoms with E-state index in [1.54, 1.807) is 6.07 Å². The van der Waals surface area contributed by atoms with E-state index >= 15 is 0 Å². The molecular weight excluding hydrogens is 296 g/mol. The minimum absolute atomic E-state index is 0.0491. The van der Waals surface area contributed by atoms with Crippen molar-refractivity contribution in [2.24, 2.45) is 5.73 Å². The molecular formula is C11H12BrF2NO2. The third-order valence-electron chi connectivity index (χ3n) is 2.12. The van der Waals surface area contributed by atoms with Crippen LogP contribution in [0.5, 0.6) is 5.75 Å². The van der Waals surface area contributed by atoms with Crippen LogP contribution in [0.4, 0.5) is 8.78 Å². The molecule has 2 N–H and O–H groups in total. The van der Waals surface area contributed by atoms with Gasteiger partial charge < -0.3 is 10.5 Å². The summed E-state index contributed by atoms with van der Waals surface area (Å²) in [6.07, 6.45) is -0.961. The minimum Gasteiger partial charge on any atom is -0.480 e. The standard InChI is InChI=1S/C11H12BrF2NO2/c1-6(10(15)16)17-9-4-3-7(12)5-8(9)11(2,13)14/h3-6H,1-2H3,(H2,15,16)/t6-/m0/s1. The van der Waals surface area contributed by atoms with Crippen molar-refractivity contribution in [2.75, 3.05) is 0 Å². The number of nitrogens with two attached hydrogens (primary N) is 1. The number of primary amides is 1. The highest BCUT2D eigenvalue weighted by atomic mass is 79.9. The predicted molar refractivity (Wildman–Crippen MR) is 63.0 cm³/mol. The van der Waals surface area contributed by atoms with Gasteiger partial charge in [-0.2, -0.15) is 0 Å². The zero-order valence-corrected chi connectivity index (χ0v) is 10.9. The Balaban J connectivity index is 3.11. The van der Waals surface area contributed by atoms with Gasteiger partial charge in [0.05, 0.1) is 5.56 Å². The van der Waals surface area contributed by atoms with Crippen LogP contribution in [0.1, 0.15) is 19.4 Å². The predicted octanol–water partition coefficient (Wildman–Crippen LogP) is 2.81. The van der Waals surface area contributed by atoms with E-state index in [1.165, 1.54) is 19.1 Å². The fourth-order valence-corrected chi connectivity index (χ4v) is 1.56. The molecule has 0 aliphatic heterocycles. The van der Waals surface area contributed by atoms with Crippen LogP contribution in [0, 0.1) is 0 Å². The first-order valence-electron chi connectivity index (χ1n) is 4.85. The molecule has 17 heavy (non-hydrogen) atoms. The number of hydrogen-bond donors (Lipinski definition) is 1. The lowest BCUT2D eigenvalue weighted by atomic mass is 10.1. The molecule has 0 saturated carbocycles. The number of carbonyl (C=O) groups excluding carboxylic acids is 1. The van der Waals surface area contributed by atoms with Crippen LogP contribution in [-0.2, 0) is 10.7 Å². The molecule has 0 aliphatic carbocycles. The minimum atomic E-state index is -3.06. The van der Waals surface area contributed by atoms with E-state index in [-0.39, 0.29) is 11.3 Å². The van der Waals surface area contributed by atoms with Crippen LogP contribution in [0.15, 0.2) is 22.7 Å². The van der Waals surface area contributed by atoms with Gasteiger partial charge in [-0.25, -0.2) is 8.78 Å². The molecule has 0 bridgehead atoms. The highest BCUT2D eigenvalue weighted by Gasteiger charge is 2.29. The average molecular weight is 308 g/mol. The maximum Gasteiger partial charge on any atom is 0.274 e. The van der Waals surface area contributed by atoms with Gasteiger partial charge in [0.25, 0.3) is 11.8 Å². The number of alkyl halides is 2. The van der Waals surface area contributed by atoms with Gasteiger partial charge in [-0.1, -0.05) is 15.9 Å². The van der Waals surface area contributed by atoms with Gasteiger partial charge in [0.2, 0.25) is 0 Å². The highest BCUT2D eigenvalue weighted by molar-refractivity contribution is 9.10. The molecule has 3 nitrogen and oxygen atoms in total. The lowest BCUT2D eigenvalue weighted by molar-refractivity contribution is -0.124. The van der Waals surface area contributed by atoms with Gasteiger partial charge >= 0.3 is 0 Å². The van der Waals surface area contributed by atoms with E-state index in [0.29, 0.717) is 4.47 Å². The topological polar surface area (TPSA) is 52.3 Å². The molecule has 0 saturated heterocycles. The number of carbonyl (C=O) groups is 1. The molecule has 0 unspecified atom stereocenters. The van der Waals surface area contributed by atoms with Gasteiger partial charge in [0.1, 0.15) is 5.75 Å². The summed E-state index contributed by atoms with van der Waals surface area (Å²) >= 11 is 3.10. The Morgan fingerprint density at radius 2 is 2.12 bits per heavy atom. The number of benzene rings is 1. The fourth-order valence-electron chi connectivity index (χ4n) is 1.20. The third kappa shape index (κ3) is 3.66. The highest BCUT2D eigenvalue weighted by Crippen LogP contribution is 2.36. The Labute approximate surface area is 106 Å². The first-order chi connectivity index (χ1) is 7.71. The van der Waals surface area contributed by atoms with Crippen molar-refractivity contribution in [1.29, 1.82) is 0 Å². The molecule has 0 aromatic heterocycles. The first kappa shape index (κ1) is 13.9. The number of halogens is 3. The molecule has 1 aromatic carbocycles. The summed E-state index contributed by atoms with van der Waals surface area (Å²) < 4.78 is 32.3. The largest absolute Gasteiger partial charge is 0.480 e. The molecule has 1 amide bonds. The SMILES string of the molecule is C[C@H](Oc1ccc(Br)cc1C(C)(F)F)C(N)=O. The van der Waals surface area contributed by atoms with Crippen LogP contribution in [-0.4, -0.2) is 12.0 Å². The summed E-state index contributed by atoms with van der Waals surface area (Å²) in [5, 5.41) is 0. The van der Waals surface area contributed by atoms with E-state index in [1.807, 2.05) is 0 Å². The molecule has 1 atom stereocenters. The second-order valence-electron chi connectivity index (χ2n) is 3.69. The lowest BCUT2D eigenvalue weighted by Gasteiger charge is -2.19. The van der Waals surface area contributed by atoms with E-state index < -0.39 is 17.9 Å². The van der Waals surface area contributed by atoms with Gasteiger partial charge in [-0.3, -0.25) is 4.79 Å². The molecule has 0 aliphatic rings. The van der Waals surface area contributed by atoms with Gasteiger partial charge in [-0.05, 0) is 25.1 Å². The molecule has 0 radical (unpaired) electrons. The van der Waals surface area contributed by atoms with Crippen molar-refractivity contribution in [3.63, 3.8) is 0 Å². The summed E-state index contributed by atoms with van der Waals surface area (Å²) in [7, 11) is 0.